The lowest BCUT2D eigenvalue weighted by molar-refractivity contribution is 0.414. The summed E-state index contributed by atoms with van der Waals surface area (Å²) in [6.45, 7) is 5.28. The molecular weight excluding hydrogens is 276 g/mol. The fourth-order valence-electron chi connectivity index (χ4n) is 1.84. The van der Waals surface area contributed by atoms with Gasteiger partial charge in [-0.25, -0.2) is 12.7 Å². The number of benzene rings is 1. The Bertz CT molecular complexity index is 500. The van der Waals surface area contributed by atoms with Gasteiger partial charge in [0.25, 0.3) is 0 Å². The van der Waals surface area contributed by atoms with Crippen LogP contribution < -0.4 is 10.1 Å². The third-order valence-electron chi connectivity index (χ3n) is 3.19. The minimum absolute atomic E-state index is 0.364. The number of rotatable bonds is 8. The topological polar surface area (TPSA) is 58.6 Å². The first kappa shape index (κ1) is 16.9. The van der Waals surface area contributed by atoms with Gasteiger partial charge in [-0.3, -0.25) is 0 Å². The number of nitrogens with zero attached hydrogens (tertiary/aromatic N) is 1. The van der Waals surface area contributed by atoms with E-state index in [1.165, 1.54) is 4.31 Å². The van der Waals surface area contributed by atoms with E-state index in [4.69, 9.17) is 4.74 Å². The van der Waals surface area contributed by atoms with Crippen LogP contribution in [0.15, 0.2) is 24.3 Å². The molecule has 6 heteroatoms. The van der Waals surface area contributed by atoms with Crippen LogP contribution >= 0.6 is 0 Å². The number of hydrogen-bond donors (Lipinski definition) is 1. The number of ether oxygens (including phenoxy) is 1. The molecule has 1 rings (SSSR count). The zero-order chi connectivity index (χ0) is 15.2. The van der Waals surface area contributed by atoms with Gasteiger partial charge in [-0.1, -0.05) is 19.1 Å². The highest BCUT2D eigenvalue weighted by Crippen LogP contribution is 2.15. The van der Waals surface area contributed by atoms with E-state index in [0.29, 0.717) is 13.1 Å². The Morgan fingerprint density at radius 3 is 2.40 bits per heavy atom. The van der Waals surface area contributed by atoms with Crippen molar-refractivity contribution in [3.8, 4) is 5.75 Å². The molecule has 5 nitrogen and oxygen atoms in total. The van der Waals surface area contributed by atoms with Crippen molar-refractivity contribution in [1.29, 1.82) is 0 Å². The molecule has 0 amide bonds. The van der Waals surface area contributed by atoms with Gasteiger partial charge in [0.15, 0.2) is 0 Å². The number of nitrogens with one attached hydrogen (secondary N) is 1. The van der Waals surface area contributed by atoms with Gasteiger partial charge in [-0.05, 0) is 31.2 Å². The van der Waals surface area contributed by atoms with Gasteiger partial charge in [0.2, 0.25) is 10.0 Å². The van der Waals surface area contributed by atoms with Crippen LogP contribution in [0.1, 0.15) is 19.4 Å². The molecule has 20 heavy (non-hydrogen) atoms. The number of hydrogen-bond acceptors (Lipinski definition) is 4. The van der Waals surface area contributed by atoms with E-state index in [0.717, 1.165) is 17.9 Å². The lowest BCUT2D eigenvalue weighted by atomic mass is 10.2. The van der Waals surface area contributed by atoms with E-state index in [9.17, 15) is 8.42 Å². The number of methoxy groups -OCH3 is 1. The van der Waals surface area contributed by atoms with E-state index in [2.05, 4.69) is 5.32 Å². The third-order valence-corrected chi connectivity index (χ3v) is 5.37. The van der Waals surface area contributed by atoms with Gasteiger partial charge >= 0.3 is 0 Å². The van der Waals surface area contributed by atoms with Crippen LogP contribution in [0.5, 0.6) is 5.75 Å². The summed E-state index contributed by atoms with van der Waals surface area (Å²) < 4.78 is 31.1. The van der Waals surface area contributed by atoms with Crippen LogP contribution in [-0.2, 0) is 16.6 Å². The zero-order valence-electron chi connectivity index (χ0n) is 12.6. The van der Waals surface area contributed by atoms with Crippen molar-refractivity contribution in [2.24, 2.45) is 0 Å². The molecule has 1 N–H and O–H groups in total. The summed E-state index contributed by atoms with van der Waals surface area (Å²) in [5, 5.41) is 2.63. The highest BCUT2D eigenvalue weighted by molar-refractivity contribution is 7.89. The molecular formula is C14H24N2O3S. The van der Waals surface area contributed by atoms with E-state index in [1.807, 2.05) is 31.2 Å². The van der Waals surface area contributed by atoms with Crippen molar-refractivity contribution >= 4 is 10.0 Å². The van der Waals surface area contributed by atoms with Crippen molar-refractivity contribution in [1.82, 2.24) is 9.62 Å². The van der Waals surface area contributed by atoms with Gasteiger partial charge in [0.05, 0.1) is 12.4 Å². The summed E-state index contributed by atoms with van der Waals surface area (Å²) in [7, 11) is -0.0673. The second kappa shape index (κ2) is 7.61. The molecule has 0 heterocycles. The molecule has 0 aliphatic carbocycles. The maximum atomic E-state index is 12.3. The summed E-state index contributed by atoms with van der Waals surface area (Å²) in [6.07, 6.45) is 0. The molecule has 0 fully saturated rings. The normalized spacial score (nSPS) is 13.4. The summed E-state index contributed by atoms with van der Waals surface area (Å²) >= 11 is 0. The molecule has 1 unspecified atom stereocenters. The standard InChI is InChI=1S/C14H24N2O3S/c1-5-15-10-12(2)20(17,18)16(3)11-13-6-8-14(19-4)9-7-13/h6-9,12,15H,5,10-11H2,1-4H3. The van der Waals surface area contributed by atoms with Crippen LogP contribution in [0.2, 0.25) is 0 Å². The smallest absolute Gasteiger partial charge is 0.218 e. The lowest BCUT2D eigenvalue weighted by Crippen LogP contribution is -2.39. The summed E-state index contributed by atoms with van der Waals surface area (Å²) in [4.78, 5) is 0. The molecule has 0 saturated carbocycles. The van der Waals surface area contributed by atoms with Crippen molar-refractivity contribution in [3.05, 3.63) is 29.8 Å². The minimum atomic E-state index is -3.29. The highest BCUT2D eigenvalue weighted by atomic mass is 32.2. The average Bonchev–Trinajstić information content (AvgIpc) is 2.45. The van der Waals surface area contributed by atoms with Crippen molar-refractivity contribution in [2.45, 2.75) is 25.6 Å². The Hall–Kier alpha value is -1.11. The predicted molar refractivity (Wildman–Crippen MR) is 81.4 cm³/mol. The Morgan fingerprint density at radius 2 is 1.90 bits per heavy atom. The van der Waals surface area contributed by atoms with Crippen LogP contribution in [0, 0.1) is 0 Å². The highest BCUT2D eigenvalue weighted by Gasteiger charge is 2.25. The first-order valence-electron chi connectivity index (χ1n) is 6.70. The maximum Gasteiger partial charge on any atom is 0.218 e. The zero-order valence-corrected chi connectivity index (χ0v) is 13.4. The average molecular weight is 300 g/mol. The maximum absolute atomic E-state index is 12.3. The van der Waals surface area contributed by atoms with Gasteiger partial charge in [-0.2, -0.15) is 0 Å². The fourth-order valence-corrected chi connectivity index (χ4v) is 3.11. The second-order valence-electron chi connectivity index (χ2n) is 4.77. The van der Waals surface area contributed by atoms with Crippen LogP contribution in [-0.4, -0.2) is 45.2 Å². The summed E-state index contributed by atoms with van der Waals surface area (Å²) in [6, 6.07) is 7.41. The molecule has 0 radical (unpaired) electrons. The first-order valence-corrected chi connectivity index (χ1v) is 8.21. The SMILES string of the molecule is CCNCC(C)S(=O)(=O)N(C)Cc1ccc(OC)cc1. The van der Waals surface area contributed by atoms with Crippen LogP contribution in [0.3, 0.4) is 0 Å². The Labute approximate surface area is 122 Å². The van der Waals surface area contributed by atoms with E-state index in [-0.39, 0.29) is 0 Å². The van der Waals surface area contributed by atoms with Gasteiger partial charge < -0.3 is 10.1 Å². The Morgan fingerprint density at radius 1 is 1.30 bits per heavy atom. The quantitative estimate of drug-likeness (QED) is 0.789. The molecule has 0 aliphatic heterocycles. The van der Waals surface area contributed by atoms with Crippen LogP contribution in [0.4, 0.5) is 0 Å². The third kappa shape index (κ3) is 4.47. The Kier molecular flexibility index (Phi) is 6.45. The molecule has 1 aromatic rings. The van der Waals surface area contributed by atoms with Crippen molar-refractivity contribution in [3.63, 3.8) is 0 Å². The predicted octanol–water partition coefficient (Wildman–Crippen LogP) is 1.45. The van der Waals surface area contributed by atoms with Crippen LogP contribution in [0.25, 0.3) is 0 Å². The summed E-state index contributed by atoms with van der Waals surface area (Å²) in [5.74, 6) is 0.764. The molecule has 0 bridgehead atoms. The molecule has 0 aliphatic rings. The van der Waals surface area contributed by atoms with Gasteiger partial charge in [-0.15, -0.1) is 0 Å². The van der Waals surface area contributed by atoms with Crippen molar-refractivity contribution in [2.75, 3.05) is 27.2 Å². The molecule has 114 valence electrons. The molecule has 1 atom stereocenters. The molecule has 1 aromatic carbocycles. The molecule has 0 spiro atoms. The van der Waals surface area contributed by atoms with E-state index >= 15 is 0 Å². The summed E-state index contributed by atoms with van der Waals surface area (Å²) in [5.41, 5.74) is 0.938. The Balaban J connectivity index is 2.70. The fraction of sp³-hybridized carbons (Fsp3) is 0.571. The van der Waals surface area contributed by atoms with Crippen molar-refractivity contribution < 1.29 is 13.2 Å². The van der Waals surface area contributed by atoms with E-state index in [1.54, 1.807) is 21.1 Å². The van der Waals surface area contributed by atoms with E-state index < -0.39 is 15.3 Å². The monoisotopic (exact) mass is 300 g/mol. The lowest BCUT2D eigenvalue weighted by Gasteiger charge is -2.22. The van der Waals surface area contributed by atoms with Gasteiger partial charge in [0, 0.05) is 20.1 Å². The number of sulfonamides is 1. The largest absolute Gasteiger partial charge is 0.497 e. The van der Waals surface area contributed by atoms with Gasteiger partial charge in [0.1, 0.15) is 5.75 Å². The molecule has 0 aromatic heterocycles. The minimum Gasteiger partial charge on any atom is -0.497 e. The second-order valence-corrected chi connectivity index (χ2v) is 7.23. The first-order chi connectivity index (χ1) is 9.41. The molecule has 0 saturated heterocycles.